The molecule has 0 saturated heterocycles. The molecule has 0 aliphatic rings. The molecule has 0 saturated carbocycles. The summed E-state index contributed by atoms with van der Waals surface area (Å²) >= 11 is 0. The van der Waals surface area contributed by atoms with Gasteiger partial charge in [0, 0.05) is 33.7 Å². The molecule has 2 heterocycles. The molecule has 0 fully saturated rings. The molecule has 0 atom stereocenters. The van der Waals surface area contributed by atoms with Gasteiger partial charge in [0.15, 0.2) is 0 Å². The number of alkyl halides is 3. The van der Waals surface area contributed by atoms with Crippen LogP contribution in [0, 0.1) is 13.8 Å². The molecule has 1 N–H and O–H groups in total. The van der Waals surface area contributed by atoms with Crippen molar-refractivity contribution in [2.24, 2.45) is 0 Å². The Morgan fingerprint density at radius 1 is 1.10 bits per heavy atom. The number of para-hydroxylation sites is 1. The minimum atomic E-state index is -4.49. The maximum Gasteiger partial charge on any atom is 0.416 e. The molecule has 0 unspecified atom stereocenters. The Kier molecular flexibility index (Phi) is 4.33. The predicted octanol–water partition coefficient (Wildman–Crippen LogP) is 5.58. The topological polar surface area (TPSA) is 55.1 Å². The van der Waals surface area contributed by atoms with Gasteiger partial charge < -0.3 is 9.67 Å². The molecule has 4 rings (SSSR count). The molecule has 29 heavy (non-hydrogen) atoms. The van der Waals surface area contributed by atoms with Crippen molar-refractivity contribution in [3.05, 3.63) is 65.5 Å². The molecule has 0 radical (unpaired) electrons. The number of hydrogen-bond donors (Lipinski definition) is 1. The largest absolute Gasteiger partial charge is 0.480 e. The van der Waals surface area contributed by atoms with Crippen LogP contribution in [-0.2, 0) is 17.5 Å². The Morgan fingerprint density at radius 3 is 2.55 bits per heavy atom. The standard InChI is InChI=1S/C22H17F3N2O2/c1-12-4-3-5-16-15(8-9-26-21(12)16)20-13(2)27(11-19(28)29)18-7-6-14(10-17(18)20)22(23,24)25/h3-10H,11H2,1-2H3,(H,28,29). The molecular formula is C22H17F3N2O2. The Hall–Kier alpha value is -3.35. The fraction of sp³-hybridized carbons (Fsp3) is 0.182. The van der Waals surface area contributed by atoms with Gasteiger partial charge in [0.1, 0.15) is 6.54 Å². The van der Waals surface area contributed by atoms with Crippen LogP contribution in [0.5, 0.6) is 0 Å². The number of carboxylic acid groups (broad SMARTS) is 1. The van der Waals surface area contributed by atoms with Crippen molar-refractivity contribution in [1.82, 2.24) is 9.55 Å². The lowest BCUT2D eigenvalue weighted by molar-refractivity contribution is -0.138. The number of hydrogen-bond acceptors (Lipinski definition) is 2. The summed E-state index contributed by atoms with van der Waals surface area (Å²) < 4.78 is 41.6. The number of benzene rings is 2. The van der Waals surface area contributed by atoms with Gasteiger partial charge in [0.2, 0.25) is 0 Å². The number of aliphatic carboxylic acids is 1. The molecule has 2 aromatic heterocycles. The van der Waals surface area contributed by atoms with Gasteiger partial charge in [-0.2, -0.15) is 13.2 Å². The second-order valence-electron chi connectivity index (χ2n) is 7.00. The van der Waals surface area contributed by atoms with Crippen molar-refractivity contribution >= 4 is 27.8 Å². The first-order chi connectivity index (χ1) is 13.7. The van der Waals surface area contributed by atoms with Crippen molar-refractivity contribution in [2.45, 2.75) is 26.6 Å². The second kappa shape index (κ2) is 6.62. The monoisotopic (exact) mass is 398 g/mol. The number of fused-ring (bicyclic) bond motifs is 2. The maximum atomic E-state index is 13.4. The summed E-state index contributed by atoms with van der Waals surface area (Å²) in [5.74, 6) is -1.06. The highest BCUT2D eigenvalue weighted by Gasteiger charge is 2.31. The summed E-state index contributed by atoms with van der Waals surface area (Å²) in [4.78, 5) is 15.8. The van der Waals surface area contributed by atoms with Crippen LogP contribution in [0.15, 0.2) is 48.7 Å². The zero-order valence-electron chi connectivity index (χ0n) is 15.7. The van der Waals surface area contributed by atoms with E-state index in [1.165, 1.54) is 10.6 Å². The van der Waals surface area contributed by atoms with E-state index in [0.29, 0.717) is 22.2 Å². The number of pyridine rings is 1. The summed E-state index contributed by atoms with van der Waals surface area (Å²) in [6.07, 6.45) is -2.87. The molecule has 0 aliphatic carbocycles. The average molecular weight is 398 g/mol. The maximum absolute atomic E-state index is 13.4. The number of carbonyl (C=O) groups is 1. The van der Waals surface area contributed by atoms with E-state index in [1.807, 2.05) is 25.1 Å². The minimum Gasteiger partial charge on any atom is -0.480 e. The number of halogens is 3. The van der Waals surface area contributed by atoms with E-state index in [4.69, 9.17) is 0 Å². The highest BCUT2D eigenvalue weighted by molar-refractivity contribution is 6.06. The lowest BCUT2D eigenvalue weighted by Crippen LogP contribution is -2.10. The van der Waals surface area contributed by atoms with Crippen molar-refractivity contribution in [1.29, 1.82) is 0 Å². The molecule has 2 aromatic carbocycles. The minimum absolute atomic E-state index is 0.338. The van der Waals surface area contributed by atoms with E-state index in [2.05, 4.69) is 4.98 Å². The normalized spacial score (nSPS) is 12.0. The van der Waals surface area contributed by atoms with Gasteiger partial charge in [-0.3, -0.25) is 9.78 Å². The van der Waals surface area contributed by atoms with Crippen LogP contribution < -0.4 is 0 Å². The van der Waals surface area contributed by atoms with Crippen LogP contribution in [0.25, 0.3) is 32.9 Å². The molecule has 148 valence electrons. The van der Waals surface area contributed by atoms with E-state index in [9.17, 15) is 23.1 Å². The molecule has 0 amide bonds. The van der Waals surface area contributed by atoms with E-state index in [1.54, 1.807) is 19.2 Å². The van der Waals surface area contributed by atoms with Gasteiger partial charge in [-0.25, -0.2) is 0 Å². The zero-order valence-corrected chi connectivity index (χ0v) is 15.7. The molecule has 0 aliphatic heterocycles. The molecular weight excluding hydrogens is 381 g/mol. The quantitative estimate of drug-likeness (QED) is 0.490. The Balaban J connectivity index is 2.12. The van der Waals surface area contributed by atoms with Crippen molar-refractivity contribution < 1.29 is 23.1 Å². The van der Waals surface area contributed by atoms with E-state index in [-0.39, 0.29) is 6.54 Å². The fourth-order valence-electron chi connectivity index (χ4n) is 3.88. The summed E-state index contributed by atoms with van der Waals surface area (Å²) in [5.41, 5.74) is 3.30. The highest BCUT2D eigenvalue weighted by Crippen LogP contribution is 2.41. The number of rotatable bonds is 3. The first kappa shape index (κ1) is 19.0. The molecule has 4 nitrogen and oxygen atoms in total. The van der Waals surface area contributed by atoms with Gasteiger partial charge in [0.25, 0.3) is 0 Å². The Labute approximate surface area is 164 Å². The van der Waals surface area contributed by atoms with Crippen LogP contribution >= 0.6 is 0 Å². The zero-order chi connectivity index (χ0) is 20.9. The van der Waals surface area contributed by atoms with Crippen molar-refractivity contribution in [3.63, 3.8) is 0 Å². The van der Waals surface area contributed by atoms with Crippen molar-refractivity contribution in [2.75, 3.05) is 0 Å². The highest BCUT2D eigenvalue weighted by atomic mass is 19.4. The van der Waals surface area contributed by atoms with E-state index >= 15 is 0 Å². The number of carboxylic acids is 1. The van der Waals surface area contributed by atoms with Gasteiger partial charge in [-0.05, 0) is 49.2 Å². The first-order valence-electron chi connectivity index (χ1n) is 8.95. The van der Waals surface area contributed by atoms with Crippen LogP contribution in [-0.4, -0.2) is 20.6 Å². The molecule has 4 aromatic rings. The van der Waals surface area contributed by atoms with Gasteiger partial charge in [0.05, 0.1) is 11.1 Å². The summed E-state index contributed by atoms with van der Waals surface area (Å²) in [6, 6.07) is 10.8. The Morgan fingerprint density at radius 2 is 1.86 bits per heavy atom. The number of aryl methyl sites for hydroxylation is 1. The lowest BCUT2D eigenvalue weighted by atomic mass is 9.96. The van der Waals surface area contributed by atoms with Crippen LogP contribution in [0.2, 0.25) is 0 Å². The first-order valence-corrected chi connectivity index (χ1v) is 8.95. The van der Waals surface area contributed by atoms with Gasteiger partial charge in [-0.1, -0.05) is 18.2 Å². The third-order valence-electron chi connectivity index (χ3n) is 5.19. The number of nitrogens with zero attached hydrogens (tertiary/aromatic N) is 2. The van der Waals surface area contributed by atoms with Crippen molar-refractivity contribution in [3.8, 4) is 11.1 Å². The summed E-state index contributed by atoms with van der Waals surface area (Å²) in [6.45, 7) is 3.31. The second-order valence-corrected chi connectivity index (χ2v) is 7.00. The third-order valence-corrected chi connectivity index (χ3v) is 5.19. The van der Waals surface area contributed by atoms with Crippen LogP contribution in [0.1, 0.15) is 16.8 Å². The SMILES string of the molecule is Cc1cccc2c(-c3c(C)n(CC(=O)O)c4ccc(C(F)(F)F)cc34)ccnc12. The summed E-state index contributed by atoms with van der Waals surface area (Å²) in [5, 5.41) is 10.5. The molecule has 0 bridgehead atoms. The smallest absolute Gasteiger partial charge is 0.416 e. The lowest BCUT2D eigenvalue weighted by Gasteiger charge is -2.10. The molecule has 0 spiro atoms. The molecule has 7 heteroatoms. The predicted molar refractivity (Wildman–Crippen MR) is 105 cm³/mol. The average Bonchev–Trinajstić information content (AvgIpc) is 2.92. The van der Waals surface area contributed by atoms with Gasteiger partial charge >= 0.3 is 12.1 Å². The third kappa shape index (κ3) is 3.12. The van der Waals surface area contributed by atoms with E-state index in [0.717, 1.165) is 34.2 Å². The van der Waals surface area contributed by atoms with E-state index < -0.39 is 17.7 Å². The summed E-state index contributed by atoms with van der Waals surface area (Å²) in [7, 11) is 0. The Bertz CT molecular complexity index is 1270. The van der Waals surface area contributed by atoms with Crippen LogP contribution in [0.3, 0.4) is 0 Å². The fourth-order valence-corrected chi connectivity index (χ4v) is 3.88. The van der Waals surface area contributed by atoms with Crippen LogP contribution in [0.4, 0.5) is 13.2 Å². The van der Waals surface area contributed by atoms with Gasteiger partial charge in [-0.15, -0.1) is 0 Å². The number of aromatic nitrogens is 2.